The zero-order valence-electron chi connectivity index (χ0n) is 26.2. The Morgan fingerprint density at radius 1 is 0.929 bits per heavy atom. The fraction of sp³-hybridized carbons (Fsp3) is 0.194. The summed E-state index contributed by atoms with van der Waals surface area (Å²) in [5.74, 6) is 0. The predicted molar refractivity (Wildman–Crippen MR) is 168 cm³/mol. The van der Waals surface area contributed by atoms with Gasteiger partial charge in [-0.15, -0.1) is 65.4 Å². The number of nitrogens with zero attached hydrogens (tertiary/aromatic N) is 3. The van der Waals surface area contributed by atoms with Gasteiger partial charge in [-0.05, 0) is 72.1 Å². The molecule has 1 aliphatic carbocycles. The molecule has 42 heavy (non-hydrogen) atoms. The van der Waals surface area contributed by atoms with E-state index in [0.717, 1.165) is 39.7 Å². The van der Waals surface area contributed by atoms with Crippen molar-refractivity contribution < 1.29 is 28.6 Å². The summed E-state index contributed by atoms with van der Waals surface area (Å²) in [6.07, 6.45) is 7.30. The van der Waals surface area contributed by atoms with Crippen molar-refractivity contribution in [2.75, 3.05) is 0 Å². The number of thiophene rings is 1. The van der Waals surface area contributed by atoms with Gasteiger partial charge in [0.1, 0.15) is 0 Å². The first-order valence-electron chi connectivity index (χ1n) is 15.2. The second-order valence-corrected chi connectivity index (χ2v) is 12.1. The van der Waals surface area contributed by atoms with E-state index in [0.29, 0.717) is 11.3 Å². The van der Waals surface area contributed by atoms with E-state index in [1.165, 1.54) is 33.4 Å². The minimum absolute atomic E-state index is 0. The third-order valence-corrected chi connectivity index (χ3v) is 8.94. The van der Waals surface area contributed by atoms with Gasteiger partial charge in [-0.2, -0.15) is 0 Å². The van der Waals surface area contributed by atoms with E-state index in [9.17, 15) is 0 Å². The van der Waals surface area contributed by atoms with Crippen LogP contribution in [0.1, 0.15) is 46.9 Å². The standard InChI is InChI=1S/C25H21N2OS.C11H8N.Ir/c1-14-9-10-16-15-6-4-7-17(23(15)28-24(16)27-14)19-12-18-21(13-26-19)29-20-8-5-11-25(2,3)22(18)20;1-2-6-10(7-3-1)11-8-4-5-9-12-11;/h4,6,9-10,12-13H,5,8,11H2,1-3H3;1-6,8-9H;/q2*-1;/i1D3;;. The second kappa shape index (κ2) is 11.5. The molecule has 0 unspecified atom stereocenters. The first kappa shape index (κ1) is 24.9. The Hall–Kier alpha value is -3.70. The molecule has 0 saturated heterocycles. The summed E-state index contributed by atoms with van der Waals surface area (Å²) in [5, 5.41) is 2.94. The molecule has 1 aliphatic rings. The molecule has 0 bridgehead atoms. The van der Waals surface area contributed by atoms with Crippen molar-refractivity contribution in [3.63, 3.8) is 0 Å². The van der Waals surface area contributed by atoms with E-state index in [1.807, 2.05) is 72.1 Å². The number of benzene rings is 2. The van der Waals surface area contributed by atoms with Crippen molar-refractivity contribution in [2.45, 2.75) is 45.4 Å². The van der Waals surface area contributed by atoms with Crippen LogP contribution in [0.2, 0.25) is 0 Å². The van der Waals surface area contributed by atoms with Gasteiger partial charge in [0.15, 0.2) is 0 Å². The van der Waals surface area contributed by atoms with Gasteiger partial charge in [0.2, 0.25) is 5.71 Å². The van der Waals surface area contributed by atoms with Gasteiger partial charge >= 0.3 is 0 Å². The molecule has 5 aromatic heterocycles. The molecule has 6 heteroatoms. The molecule has 5 heterocycles. The SMILES string of the molecule is [2H]C([2H])([2H])c1ccc2c(n1)oc1c(-c3cc4c5c(sc4cn3)CCCC5(C)C)[c-]ccc12.[Ir].[c-]1ccccc1-c1ccccn1. The van der Waals surface area contributed by atoms with Gasteiger partial charge in [-0.25, -0.2) is 4.98 Å². The molecular weight excluding hydrogens is 715 g/mol. The molecule has 0 atom stereocenters. The van der Waals surface area contributed by atoms with Crippen LogP contribution in [0.3, 0.4) is 0 Å². The summed E-state index contributed by atoms with van der Waals surface area (Å²) in [7, 11) is 0. The summed E-state index contributed by atoms with van der Waals surface area (Å²) in [4.78, 5) is 14.7. The van der Waals surface area contributed by atoms with E-state index in [-0.39, 0.29) is 31.2 Å². The summed E-state index contributed by atoms with van der Waals surface area (Å²) in [6, 6.07) is 29.4. The Balaban J connectivity index is 0.000000231. The quantitative estimate of drug-likeness (QED) is 0.166. The molecule has 8 rings (SSSR count). The van der Waals surface area contributed by atoms with Gasteiger partial charge in [0.05, 0.1) is 10.3 Å². The third kappa shape index (κ3) is 5.20. The minimum atomic E-state index is -2.28. The minimum Gasteiger partial charge on any atom is -0.486 e. The van der Waals surface area contributed by atoms with Crippen LogP contribution in [0, 0.1) is 19.0 Å². The van der Waals surface area contributed by atoms with Gasteiger partial charge in [-0.1, -0.05) is 43.0 Å². The van der Waals surface area contributed by atoms with Crippen molar-refractivity contribution in [1.29, 1.82) is 0 Å². The van der Waals surface area contributed by atoms with Crippen molar-refractivity contribution in [1.82, 2.24) is 15.0 Å². The number of furan rings is 1. The summed E-state index contributed by atoms with van der Waals surface area (Å²) in [6.45, 7) is 2.38. The fourth-order valence-electron chi connectivity index (χ4n) is 5.81. The molecule has 1 radical (unpaired) electrons. The topological polar surface area (TPSA) is 51.8 Å². The molecule has 0 fully saturated rings. The maximum atomic E-state index is 7.64. The predicted octanol–water partition coefficient (Wildman–Crippen LogP) is 9.53. The molecule has 211 valence electrons. The molecule has 0 aliphatic heterocycles. The molecule has 7 aromatic rings. The van der Waals surface area contributed by atoms with Gasteiger partial charge in [0.25, 0.3) is 0 Å². The number of hydrogen-bond acceptors (Lipinski definition) is 5. The zero-order valence-corrected chi connectivity index (χ0v) is 26.4. The van der Waals surface area contributed by atoms with Gasteiger partial charge < -0.3 is 14.4 Å². The maximum Gasteiger partial charge on any atom is 0.216 e. The molecule has 4 nitrogen and oxygen atoms in total. The number of aromatic nitrogens is 3. The normalized spacial score (nSPS) is 15.1. The van der Waals surface area contributed by atoms with E-state index >= 15 is 0 Å². The van der Waals surface area contributed by atoms with Crippen LogP contribution >= 0.6 is 11.3 Å². The first-order chi connectivity index (χ1) is 21.2. The molecule has 0 amide bonds. The average molecular weight is 747 g/mol. The van der Waals surface area contributed by atoms with E-state index in [2.05, 4.69) is 42.0 Å². The Labute approximate surface area is 267 Å². The van der Waals surface area contributed by atoms with E-state index in [1.54, 1.807) is 18.3 Å². The van der Waals surface area contributed by atoms with Crippen LogP contribution in [0.4, 0.5) is 0 Å². The first-order valence-corrected chi connectivity index (χ1v) is 14.6. The van der Waals surface area contributed by atoms with E-state index in [4.69, 9.17) is 13.5 Å². The number of rotatable bonds is 2. The number of fused-ring (bicyclic) bond motifs is 6. The van der Waals surface area contributed by atoms with Crippen LogP contribution < -0.4 is 0 Å². The van der Waals surface area contributed by atoms with Crippen LogP contribution in [-0.2, 0) is 31.9 Å². The fourth-order valence-corrected chi connectivity index (χ4v) is 7.19. The smallest absolute Gasteiger partial charge is 0.216 e. The monoisotopic (exact) mass is 747 g/mol. The largest absolute Gasteiger partial charge is 0.486 e. The Morgan fingerprint density at radius 2 is 1.83 bits per heavy atom. The molecule has 0 spiro atoms. The summed E-state index contributed by atoms with van der Waals surface area (Å²) in [5.41, 5.74) is 6.17. The molecule has 0 saturated carbocycles. The zero-order chi connectivity index (χ0) is 30.5. The molecular formula is C36H29IrN3OS-2. The van der Waals surface area contributed by atoms with Crippen molar-refractivity contribution in [3.05, 3.63) is 113 Å². The van der Waals surface area contributed by atoms with Crippen LogP contribution in [0.15, 0.2) is 89.6 Å². The second-order valence-electron chi connectivity index (χ2n) is 10.9. The third-order valence-electron chi connectivity index (χ3n) is 7.74. The van der Waals surface area contributed by atoms with Crippen LogP contribution in [0.5, 0.6) is 0 Å². The molecule has 2 aromatic carbocycles. The van der Waals surface area contributed by atoms with Crippen LogP contribution in [-0.4, -0.2) is 15.0 Å². The molecule has 0 N–H and O–H groups in total. The van der Waals surface area contributed by atoms with Crippen molar-refractivity contribution in [2.24, 2.45) is 0 Å². The number of aryl methyl sites for hydroxylation is 2. The van der Waals surface area contributed by atoms with Crippen LogP contribution in [0.25, 0.3) is 54.7 Å². The summed E-state index contributed by atoms with van der Waals surface area (Å²) < 4.78 is 30.2. The van der Waals surface area contributed by atoms with Crippen molar-refractivity contribution in [3.8, 4) is 22.5 Å². The van der Waals surface area contributed by atoms with Gasteiger partial charge in [-0.3, -0.25) is 0 Å². The van der Waals surface area contributed by atoms with E-state index < -0.39 is 6.85 Å². The Kier molecular flexibility index (Phi) is 6.82. The number of pyridine rings is 3. The Bertz CT molecular complexity index is 2090. The van der Waals surface area contributed by atoms with Crippen molar-refractivity contribution >= 4 is 43.5 Å². The number of hydrogen-bond donors (Lipinski definition) is 0. The maximum absolute atomic E-state index is 7.64. The summed E-state index contributed by atoms with van der Waals surface area (Å²) >= 11 is 1.86. The Morgan fingerprint density at radius 3 is 2.64 bits per heavy atom. The average Bonchev–Trinajstić information content (AvgIpc) is 3.60. The van der Waals surface area contributed by atoms with Gasteiger partial charge in [0, 0.05) is 52.6 Å².